The van der Waals surface area contributed by atoms with Gasteiger partial charge in [-0.2, -0.15) is 0 Å². The Hall–Kier alpha value is -1.46. The van der Waals surface area contributed by atoms with Gasteiger partial charge in [0.05, 0.1) is 7.11 Å². The van der Waals surface area contributed by atoms with Crippen LogP contribution in [0, 0.1) is 17.8 Å². The molecule has 1 saturated carbocycles. The predicted octanol–water partition coefficient (Wildman–Crippen LogP) is 3.93. The molecule has 154 valence electrons. The third-order valence-electron chi connectivity index (χ3n) is 5.36. The molecular formula is C22H36O5. The van der Waals surface area contributed by atoms with Gasteiger partial charge in [-0.1, -0.05) is 57.4 Å². The molecule has 5 nitrogen and oxygen atoms in total. The van der Waals surface area contributed by atoms with Crippen LogP contribution in [0.15, 0.2) is 24.3 Å². The van der Waals surface area contributed by atoms with Crippen LogP contribution < -0.4 is 0 Å². The quantitative estimate of drug-likeness (QED) is 0.304. The molecule has 0 aromatic heterocycles. The minimum atomic E-state index is -2.46. The summed E-state index contributed by atoms with van der Waals surface area (Å²) >= 11 is 0. The predicted molar refractivity (Wildman–Crippen MR) is 106 cm³/mol. The van der Waals surface area contributed by atoms with Gasteiger partial charge in [0.25, 0.3) is 5.79 Å². The second-order valence-corrected chi connectivity index (χ2v) is 7.74. The molecule has 1 aliphatic carbocycles. The number of ketones is 1. The normalized spacial score (nSPS) is 22.0. The summed E-state index contributed by atoms with van der Waals surface area (Å²) in [5, 5.41) is 19.1. The van der Waals surface area contributed by atoms with Crippen LogP contribution in [-0.4, -0.2) is 34.9 Å². The van der Waals surface area contributed by atoms with E-state index in [9.17, 15) is 19.8 Å². The van der Waals surface area contributed by atoms with Crippen LogP contribution in [0.25, 0.3) is 0 Å². The molecule has 27 heavy (non-hydrogen) atoms. The van der Waals surface area contributed by atoms with Gasteiger partial charge < -0.3 is 14.9 Å². The van der Waals surface area contributed by atoms with Gasteiger partial charge in [-0.25, -0.2) is 4.79 Å². The zero-order valence-corrected chi connectivity index (χ0v) is 17.0. The number of Topliss-reactive ketones (excluding diaryl/α,β-unsaturated/α-hetero) is 1. The van der Waals surface area contributed by atoms with Crippen molar-refractivity contribution in [3.05, 3.63) is 24.3 Å². The number of rotatable bonds is 12. The monoisotopic (exact) mass is 380 g/mol. The van der Waals surface area contributed by atoms with Crippen LogP contribution in [0.5, 0.6) is 0 Å². The fourth-order valence-electron chi connectivity index (χ4n) is 3.54. The molecule has 0 aromatic carbocycles. The molecule has 0 amide bonds. The second-order valence-electron chi connectivity index (χ2n) is 7.74. The van der Waals surface area contributed by atoms with Gasteiger partial charge in [0.1, 0.15) is 5.78 Å². The van der Waals surface area contributed by atoms with Crippen LogP contribution in [0.4, 0.5) is 0 Å². The van der Waals surface area contributed by atoms with Gasteiger partial charge in [-0.15, -0.1) is 0 Å². The first-order valence-corrected chi connectivity index (χ1v) is 10.2. The average Bonchev–Trinajstić information content (AvgIpc) is 2.98. The molecule has 0 heterocycles. The highest BCUT2D eigenvalue weighted by Crippen LogP contribution is 2.33. The number of allylic oxidation sites excluding steroid dienone is 4. The molecule has 0 spiro atoms. The van der Waals surface area contributed by atoms with E-state index < -0.39 is 11.8 Å². The maximum atomic E-state index is 12.2. The molecule has 2 N–H and O–H groups in total. The van der Waals surface area contributed by atoms with E-state index in [1.165, 1.54) is 19.3 Å². The summed E-state index contributed by atoms with van der Waals surface area (Å²) in [5.74, 6) is -2.21. The number of carbonyl (C=O) groups excluding carboxylic acids is 2. The van der Waals surface area contributed by atoms with Gasteiger partial charge in [0, 0.05) is 18.8 Å². The zero-order chi connectivity index (χ0) is 20.3. The Balaban J connectivity index is 2.43. The molecule has 5 heteroatoms. The number of unbranched alkanes of at least 4 members (excludes halogenated alkanes) is 1. The third kappa shape index (κ3) is 8.39. The standard InChI is InChI=1S/C22H36O5/c1-4-5-10-17(2)11-9-12-18-14-15-20(23)19(18)13-7-6-8-16-22(25,26)21(24)27-3/h6-7,9,12,17-19,25-26H,4-5,8,10-11,13-16H2,1-3H3/t17-,18-,19+/m0/s1. The van der Waals surface area contributed by atoms with Crippen LogP contribution in [0.1, 0.15) is 71.6 Å². The lowest BCUT2D eigenvalue weighted by molar-refractivity contribution is -0.208. The molecule has 0 unspecified atom stereocenters. The first-order valence-electron chi connectivity index (χ1n) is 10.2. The minimum Gasteiger partial charge on any atom is -0.465 e. The highest BCUT2D eigenvalue weighted by molar-refractivity contribution is 5.83. The number of ether oxygens (including phenoxy) is 1. The van der Waals surface area contributed by atoms with Crippen molar-refractivity contribution in [3.63, 3.8) is 0 Å². The van der Waals surface area contributed by atoms with Crippen molar-refractivity contribution in [2.24, 2.45) is 17.8 Å². The summed E-state index contributed by atoms with van der Waals surface area (Å²) < 4.78 is 4.34. The molecule has 3 atom stereocenters. The molecule has 1 fully saturated rings. The lowest BCUT2D eigenvalue weighted by atomic mass is 9.90. The molecule has 0 radical (unpaired) electrons. The first kappa shape index (κ1) is 23.6. The van der Waals surface area contributed by atoms with E-state index in [4.69, 9.17) is 0 Å². The van der Waals surface area contributed by atoms with Gasteiger partial charge >= 0.3 is 5.97 Å². The van der Waals surface area contributed by atoms with Crippen molar-refractivity contribution < 1.29 is 24.5 Å². The zero-order valence-electron chi connectivity index (χ0n) is 17.0. The van der Waals surface area contributed by atoms with E-state index in [2.05, 4.69) is 30.7 Å². The summed E-state index contributed by atoms with van der Waals surface area (Å²) in [6.45, 7) is 4.48. The third-order valence-corrected chi connectivity index (χ3v) is 5.36. The molecule has 0 saturated heterocycles. The van der Waals surface area contributed by atoms with Crippen LogP contribution in [0.2, 0.25) is 0 Å². The van der Waals surface area contributed by atoms with Crippen molar-refractivity contribution in [3.8, 4) is 0 Å². The van der Waals surface area contributed by atoms with Gasteiger partial charge in [0.15, 0.2) is 0 Å². The van der Waals surface area contributed by atoms with Gasteiger partial charge in [-0.05, 0) is 37.5 Å². The van der Waals surface area contributed by atoms with E-state index in [-0.39, 0.29) is 12.3 Å². The number of hydrogen-bond donors (Lipinski definition) is 2. The average molecular weight is 381 g/mol. The van der Waals surface area contributed by atoms with E-state index in [0.29, 0.717) is 36.9 Å². The van der Waals surface area contributed by atoms with E-state index in [1.807, 2.05) is 6.08 Å². The number of methoxy groups -OCH3 is 1. The van der Waals surface area contributed by atoms with Crippen LogP contribution in [0.3, 0.4) is 0 Å². The van der Waals surface area contributed by atoms with E-state index in [0.717, 1.165) is 20.0 Å². The van der Waals surface area contributed by atoms with Crippen molar-refractivity contribution in [1.82, 2.24) is 0 Å². The van der Waals surface area contributed by atoms with Crippen molar-refractivity contribution in [1.29, 1.82) is 0 Å². The van der Waals surface area contributed by atoms with Gasteiger partial charge in [0.2, 0.25) is 0 Å². The maximum Gasteiger partial charge on any atom is 0.366 e. The largest absolute Gasteiger partial charge is 0.465 e. The highest BCUT2D eigenvalue weighted by Gasteiger charge is 2.34. The summed E-state index contributed by atoms with van der Waals surface area (Å²) in [6.07, 6.45) is 15.4. The molecule has 0 bridgehead atoms. The Labute approximate surface area is 163 Å². The molecule has 0 aliphatic heterocycles. The number of hydrogen-bond acceptors (Lipinski definition) is 5. The SMILES string of the molecule is CCCC[C@H](C)CC=C[C@H]1CCC(=O)[C@@H]1CC=CCCC(O)(O)C(=O)OC. The highest BCUT2D eigenvalue weighted by atomic mass is 16.6. The number of esters is 1. The molecule has 1 aliphatic rings. The summed E-state index contributed by atoms with van der Waals surface area (Å²) in [4.78, 5) is 23.4. The number of aliphatic hydroxyl groups is 2. The van der Waals surface area contributed by atoms with E-state index in [1.54, 1.807) is 6.08 Å². The van der Waals surface area contributed by atoms with Crippen LogP contribution >= 0.6 is 0 Å². The van der Waals surface area contributed by atoms with Crippen molar-refractivity contribution in [2.45, 2.75) is 77.4 Å². The fourth-order valence-corrected chi connectivity index (χ4v) is 3.54. The van der Waals surface area contributed by atoms with E-state index >= 15 is 0 Å². The minimum absolute atomic E-state index is 0.0112. The van der Waals surface area contributed by atoms with Crippen molar-refractivity contribution >= 4 is 11.8 Å². The number of carbonyl (C=O) groups is 2. The summed E-state index contributed by atoms with van der Waals surface area (Å²) in [5.41, 5.74) is 0. The lowest BCUT2D eigenvalue weighted by Crippen LogP contribution is -2.39. The lowest BCUT2D eigenvalue weighted by Gasteiger charge is -2.17. The molecular weight excluding hydrogens is 344 g/mol. The smallest absolute Gasteiger partial charge is 0.366 e. The Bertz CT molecular complexity index is 521. The fraction of sp³-hybridized carbons (Fsp3) is 0.727. The Morgan fingerprint density at radius 1 is 1.33 bits per heavy atom. The first-order chi connectivity index (χ1) is 12.8. The summed E-state index contributed by atoms with van der Waals surface area (Å²) in [7, 11) is 1.11. The second kappa shape index (κ2) is 12.1. The maximum absolute atomic E-state index is 12.2. The van der Waals surface area contributed by atoms with Crippen molar-refractivity contribution in [2.75, 3.05) is 7.11 Å². The Morgan fingerprint density at radius 2 is 2.07 bits per heavy atom. The van der Waals surface area contributed by atoms with Crippen LogP contribution in [-0.2, 0) is 14.3 Å². The Kier molecular flexibility index (Phi) is 10.6. The topological polar surface area (TPSA) is 83.8 Å². The molecule has 1 rings (SSSR count). The van der Waals surface area contributed by atoms with Gasteiger partial charge in [-0.3, -0.25) is 4.79 Å². The molecule has 0 aromatic rings. The Morgan fingerprint density at radius 3 is 2.74 bits per heavy atom. The summed E-state index contributed by atoms with van der Waals surface area (Å²) in [6, 6.07) is 0.